The lowest BCUT2D eigenvalue weighted by Gasteiger charge is -2.26. The van der Waals surface area contributed by atoms with E-state index in [1.54, 1.807) is 24.3 Å². The van der Waals surface area contributed by atoms with Crippen molar-refractivity contribution in [2.75, 3.05) is 0 Å². The predicted molar refractivity (Wildman–Crippen MR) is 93.0 cm³/mol. The lowest BCUT2D eigenvalue weighted by Crippen LogP contribution is -2.44. The zero-order chi connectivity index (χ0) is 19.9. The summed E-state index contributed by atoms with van der Waals surface area (Å²) in [5.41, 5.74) is -3.01. The third-order valence-electron chi connectivity index (χ3n) is 4.11. The number of hydrogen-bond donors (Lipinski definition) is 1. The van der Waals surface area contributed by atoms with Gasteiger partial charge in [-0.1, -0.05) is 29.4 Å². The van der Waals surface area contributed by atoms with Crippen molar-refractivity contribution in [3.8, 4) is 11.4 Å². The molecule has 0 fully saturated rings. The number of fused-ring (bicyclic) bond motifs is 1. The molecule has 2 aromatic heterocycles. The molecule has 144 valence electrons. The Morgan fingerprint density at radius 3 is 2.43 bits per heavy atom. The molecule has 2 aromatic carbocycles. The van der Waals surface area contributed by atoms with Crippen molar-refractivity contribution in [3.05, 3.63) is 65.2 Å². The van der Waals surface area contributed by atoms with Gasteiger partial charge in [-0.2, -0.15) is 18.2 Å². The van der Waals surface area contributed by atoms with Crippen LogP contribution in [0.3, 0.4) is 0 Å². The van der Waals surface area contributed by atoms with Gasteiger partial charge in [0, 0.05) is 0 Å². The van der Waals surface area contributed by atoms with Crippen LogP contribution in [0, 0.1) is 5.82 Å². The zero-order valence-corrected chi connectivity index (χ0v) is 14.8. The van der Waals surface area contributed by atoms with Crippen LogP contribution in [-0.4, -0.2) is 26.4 Å². The van der Waals surface area contributed by atoms with E-state index in [1.165, 1.54) is 24.3 Å². The van der Waals surface area contributed by atoms with E-state index in [1.807, 2.05) is 0 Å². The number of para-hydroxylation sites is 1. The molecule has 4 rings (SSSR count). The number of nitrogens with zero attached hydrogens (tertiary/aromatic N) is 3. The summed E-state index contributed by atoms with van der Waals surface area (Å²) in [6, 6.07) is 12.0. The summed E-state index contributed by atoms with van der Waals surface area (Å²) in [6.45, 7) is 0. The van der Waals surface area contributed by atoms with Gasteiger partial charge in [0.2, 0.25) is 17.3 Å². The Kier molecular flexibility index (Phi) is 4.39. The highest BCUT2D eigenvalue weighted by Gasteiger charge is 2.58. The van der Waals surface area contributed by atoms with Gasteiger partial charge < -0.3 is 9.63 Å². The maximum Gasteiger partial charge on any atom is 0.424 e. The van der Waals surface area contributed by atoms with Gasteiger partial charge in [0.05, 0.1) is 22.2 Å². The van der Waals surface area contributed by atoms with Crippen LogP contribution >= 0.6 is 11.3 Å². The fourth-order valence-electron chi connectivity index (χ4n) is 2.64. The van der Waals surface area contributed by atoms with Crippen LogP contribution in [0.5, 0.6) is 0 Å². The van der Waals surface area contributed by atoms with Crippen LogP contribution in [0.1, 0.15) is 10.9 Å². The van der Waals surface area contributed by atoms with Gasteiger partial charge in [-0.3, -0.25) is 0 Å². The van der Waals surface area contributed by atoms with Crippen molar-refractivity contribution >= 4 is 21.6 Å². The number of aliphatic hydroxyl groups is 1. The number of aromatic nitrogens is 3. The van der Waals surface area contributed by atoms with Crippen molar-refractivity contribution in [2.45, 2.75) is 18.2 Å². The van der Waals surface area contributed by atoms with Gasteiger partial charge in [0.15, 0.2) is 0 Å². The molecule has 1 atom stereocenters. The van der Waals surface area contributed by atoms with Gasteiger partial charge >= 0.3 is 6.18 Å². The maximum atomic E-state index is 13.8. The maximum absolute atomic E-state index is 13.8. The van der Waals surface area contributed by atoms with E-state index in [9.17, 15) is 22.7 Å². The predicted octanol–water partition coefficient (Wildman–Crippen LogP) is 4.48. The number of benzene rings is 2. The summed E-state index contributed by atoms with van der Waals surface area (Å²) < 4.78 is 60.5. The molecule has 4 aromatic rings. The van der Waals surface area contributed by atoms with Crippen LogP contribution in [0.4, 0.5) is 17.6 Å². The highest BCUT2D eigenvalue weighted by Crippen LogP contribution is 2.44. The van der Waals surface area contributed by atoms with Crippen molar-refractivity contribution < 1.29 is 27.2 Å². The first-order chi connectivity index (χ1) is 13.3. The molecule has 0 aliphatic carbocycles. The number of rotatable bonds is 4. The van der Waals surface area contributed by atoms with E-state index in [-0.39, 0.29) is 11.4 Å². The average Bonchev–Trinajstić information content (AvgIpc) is 3.28. The molecule has 5 nitrogen and oxygen atoms in total. The summed E-state index contributed by atoms with van der Waals surface area (Å²) in [7, 11) is 0. The molecule has 0 radical (unpaired) electrons. The second-order valence-corrected chi connectivity index (χ2v) is 7.04. The fraction of sp³-hybridized carbons (Fsp3) is 0.167. The van der Waals surface area contributed by atoms with Gasteiger partial charge in [-0.15, -0.1) is 11.3 Å². The topological polar surface area (TPSA) is 72.0 Å². The van der Waals surface area contributed by atoms with E-state index in [4.69, 9.17) is 4.52 Å². The summed E-state index contributed by atoms with van der Waals surface area (Å²) in [5.74, 6) is -1.34. The van der Waals surface area contributed by atoms with Gasteiger partial charge in [-0.05, 0) is 24.3 Å². The fourth-order valence-corrected chi connectivity index (χ4v) is 3.72. The number of hydrogen-bond acceptors (Lipinski definition) is 6. The molecular formula is C18H11F4N3O2S. The number of thiazole rings is 1. The first kappa shape index (κ1) is 18.5. The molecule has 2 heterocycles. The Morgan fingerprint density at radius 1 is 1.00 bits per heavy atom. The molecular weight excluding hydrogens is 398 g/mol. The van der Waals surface area contributed by atoms with E-state index in [0.717, 1.165) is 11.3 Å². The van der Waals surface area contributed by atoms with E-state index >= 15 is 0 Å². The highest BCUT2D eigenvalue weighted by molar-refractivity contribution is 7.18. The van der Waals surface area contributed by atoms with Gasteiger partial charge in [0.1, 0.15) is 10.8 Å². The SMILES string of the molecule is OC(Cc1nc(-c2ccccc2F)no1)(c1nc2ccccc2s1)C(F)(F)F. The second kappa shape index (κ2) is 6.64. The van der Waals surface area contributed by atoms with E-state index in [0.29, 0.717) is 10.2 Å². The van der Waals surface area contributed by atoms with Crippen LogP contribution in [-0.2, 0) is 12.0 Å². The van der Waals surface area contributed by atoms with Crippen LogP contribution in [0.2, 0.25) is 0 Å². The molecule has 0 saturated heterocycles. The van der Waals surface area contributed by atoms with Crippen LogP contribution in [0.25, 0.3) is 21.6 Å². The normalized spacial score (nSPS) is 14.3. The first-order valence-electron chi connectivity index (χ1n) is 8.00. The Morgan fingerprint density at radius 2 is 1.71 bits per heavy atom. The Labute approximate surface area is 159 Å². The second-order valence-electron chi connectivity index (χ2n) is 6.01. The third-order valence-corrected chi connectivity index (χ3v) is 5.29. The van der Waals surface area contributed by atoms with Crippen LogP contribution in [0.15, 0.2) is 53.1 Å². The van der Waals surface area contributed by atoms with Crippen molar-refractivity contribution in [2.24, 2.45) is 0 Å². The third kappa shape index (κ3) is 3.14. The Hall–Kier alpha value is -2.85. The summed E-state index contributed by atoms with van der Waals surface area (Å²) in [5, 5.41) is 13.5. The smallest absolute Gasteiger partial charge is 0.374 e. The minimum absolute atomic E-state index is 0.0203. The molecule has 0 aliphatic rings. The molecule has 1 unspecified atom stereocenters. The highest BCUT2D eigenvalue weighted by atomic mass is 32.1. The summed E-state index contributed by atoms with van der Waals surface area (Å²) >= 11 is 0.725. The number of halogens is 4. The molecule has 28 heavy (non-hydrogen) atoms. The molecule has 0 bridgehead atoms. The Balaban J connectivity index is 1.73. The molecule has 0 aliphatic heterocycles. The minimum Gasteiger partial charge on any atom is -0.374 e. The average molecular weight is 409 g/mol. The lowest BCUT2D eigenvalue weighted by molar-refractivity contribution is -0.267. The van der Waals surface area contributed by atoms with Gasteiger partial charge in [-0.25, -0.2) is 9.37 Å². The molecule has 0 amide bonds. The van der Waals surface area contributed by atoms with Crippen molar-refractivity contribution in [3.63, 3.8) is 0 Å². The van der Waals surface area contributed by atoms with E-state index in [2.05, 4.69) is 15.1 Å². The lowest BCUT2D eigenvalue weighted by atomic mass is 10.00. The molecule has 0 saturated carbocycles. The van der Waals surface area contributed by atoms with Gasteiger partial charge in [0.25, 0.3) is 0 Å². The Bertz CT molecular complexity index is 1110. The molecule has 10 heteroatoms. The zero-order valence-electron chi connectivity index (χ0n) is 13.9. The first-order valence-corrected chi connectivity index (χ1v) is 8.82. The van der Waals surface area contributed by atoms with E-state index < -0.39 is 34.9 Å². The summed E-state index contributed by atoms with van der Waals surface area (Å²) in [4.78, 5) is 7.74. The molecule has 0 spiro atoms. The van der Waals surface area contributed by atoms with Crippen molar-refractivity contribution in [1.29, 1.82) is 0 Å². The van der Waals surface area contributed by atoms with Crippen LogP contribution < -0.4 is 0 Å². The quantitative estimate of drug-likeness (QED) is 0.504. The largest absolute Gasteiger partial charge is 0.424 e. The summed E-state index contributed by atoms with van der Waals surface area (Å²) in [6.07, 6.45) is -6.09. The molecule has 1 N–H and O–H groups in total. The monoisotopic (exact) mass is 409 g/mol. The standard InChI is InChI=1S/C18H11F4N3O2S/c19-11-6-2-1-5-10(11)15-24-14(27-25-15)9-17(26,18(20,21)22)16-23-12-7-3-4-8-13(12)28-16/h1-8,26H,9H2. The minimum atomic E-state index is -5.05. The van der Waals surface area contributed by atoms with Crippen molar-refractivity contribution in [1.82, 2.24) is 15.1 Å². The number of alkyl halides is 3.